The highest BCUT2D eigenvalue weighted by Gasteiger charge is 2.17. The summed E-state index contributed by atoms with van der Waals surface area (Å²) in [6.07, 6.45) is 3.26. The Morgan fingerprint density at radius 1 is 1.56 bits per heavy atom. The fourth-order valence-electron chi connectivity index (χ4n) is 2.46. The normalized spacial score (nSPS) is 19.2. The van der Waals surface area contributed by atoms with Crippen molar-refractivity contribution < 1.29 is 9.84 Å². The fourth-order valence-corrected chi connectivity index (χ4v) is 2.46. The van der Waals surface area contributed by atoms with Crippen molar-refractivity contribution in [2.24, 2.45) is 5.92 Å². The number of nitrogens with one attached hydrogen (secondary N) is 1. The largest absolute Gasteiger partial charge is 0.506 e. The number of nitrogens with zero attached hydrogens (tertiary/aromatic N) is 1. The van der Waals surface area contributed by atoms with Gasteiger partial charge in [-0.15, -0.1) is 0 Å². The molecule has 0 amide bonds. The van der Waals surface area contributed by atoms with Crippen LogP contribution in [0, 0.1) is 17.2 Å². The van der Waals surface area contributed by atoms with E-state index >= 15 is 0 Å². The Kier molecular flexibility index (Phi) is 4.06. The maximum absolute atomic E-state index is 9.64. The first kappa shape index (κ1) is 12.7. The zero-order valence-electron chi connectivity index (χ0n) is 10.6. The second-order valence-corrected chi connectivity index (χ2v) is 4.71. The topological polar surface area (TPSA) is 65.3 Å². The number of benzene rings is 1. The number of rotatable bonds is 3. The molecule has 1 aliphatic rings. The summed E-state index contributed by atoms with van der Waals surface area (Å²) in [6, 6.07) is 5.27. The summed E-state index contributed by atoms with van der Waals surface area (Å²) in [5, 5.41) is 22.0. The number of methoxy groups -OCH3 is 1. The summed E-state index contributed by atoms with van der Waals surface area (Å²) >= 11 is 0. The van der Waals surface area contributed by atoms with Crippen LogP contribution in [-0.4, -0.2) is 25.3 Å². The Bertz CT molecular complexity index is 460. The summed E-state index contributed by atoms with van der Waals surface area (Å²) in [6.45, 7) is 2.10. The van der Waals surface area contributed by atoms with Crippen LogP contribution in [0.3, 0.4) is 0 Å². The molecule has 0 saturated carbocycles. The molecule has 1 atom stereocenters. The molecule has 1 unspecified atom stereocenters. The van der Waals surface area contributed by atoms with E-state index in [-0.39, 0.29) is 5.75 Å². The van der Waals surface area contributed by atoms with E-state index in [4.69, 9.17) is 10.00 Å². The Morgan fingerprint density at radius 3 is 3.00 bits per heavy atom. The molecule has 0 bridgehead atoms. The molecule has 1 aromatic carbocycles. The minimum Gasteiger partial charge on any atom is -0.506 e. The van der Waals surface area contributed by atoms with Crippen molar-refractivity contribution in [1.29, 1.82) is 5.26 Å². The summed E-state index contributed by atoms with van der Waals surface area (Å²) in [5.74, 6) is 1.22. The second kappa shape index (κ2) is 5.74. The number of aromatic hydroxyl groups is 1. The van der Waals surface area contributed by atoms with Crippen LogP contribution in [0.25, 0.3) is 0 Å². The Labute approximate surface area is 107 Å². The van der Waals surface area contributed by atoms with Gasteiger partial charge in [0.05, 0.1) is 12.7 Å². The minimum absolute atomic E-state index is 0.0140. The smallest absolute Gasteiger partial charge is 0.137 e. The predicted octanol–water partition coefficient (Wildman–Crippen LogP) is 1.81. The van der Waals surface area contributed by atoms with Gasteiger partial charge >= 0.3 is 0 Å². The van der Waals surface area contributed by atoms with Crippen LogP contribution in [-0.2, 0) is 6.42 Å². The van der Waals surface area contributed by atoms with Crippen molar-refractivity contribution in [3.8, 4) is 17.6 Å². The van der Waals surface area contributed by atoms with Crippen LogP contribution >= 0.6 is 0 Å². The molecular weight excluding hydrogens is 228 g/mol. The zero-order chi connectivity index (χ0) is 13.0. The standard InChI is InChI=1S/C14H18N2O2/c1-18-14-7-13(17)12(8-15)6-11(14)5-10-3-2-4-16-9-10/h6-7,10,16-17H,2-5,9H2,1H3. The van der Waals surface area contributed by atoms with E-state index in [2.05, 4.69) is 5.32 Å². The van der Waals surface area contributed by atoms with Gasteiger partial charge < -0.3 is 15.2 Å². The lowest BCUT2D eigenvalue weighted by atomic mass is 9.91. The Balaban J connectivity index is 2.22. The number of phenolic OH excluding ortho intramolecular Hbond substituents is 1. The van der Waals surface area contributed by atoms with Gasteiger partial charge in [-0.05, 0) is 49.9 Å². The van der Waals surface area contributed by atoms with E-state index in [0.717, 1.165) is 25.1 Å². The van der Waals surface area contributed by atoms with Gasteiger partial charge in [-0.2, -0.15) is 5.26 Å². The molecular formula is C14H18N2O2. The first-order valence-corrected chi connectivity index (χ1v) is 6.25. The number of ether oxygens (including phenoxy) is 1. The quantitative estimate of drug-likeness (QED) is 0.853. The van der Waals surface area contributed by atoms with Crippen molar-refractivity contribution in [2.45, 2.75) is 19.3 Å². The molecule has 2 N–H and O–H groups in total. The van der Waals surface area contributed by atoms with E-state index < -0.39 is 0 Å². The molecule has 0 aromatic heterocycles. The van der Waals surface area contributed by atoms with Crippen LogP contribution in [0.2, 0.25) is 0 Å². The third kappa shape index (κ3) is 2.74. The molecule has 1 fully saturated rings. The minimum atomic E-state index is -0.0140. The van der Waals surface area contributed by atoms with Crippen LogP contribution in [0.4, 0.5) is 0 Å². The lowest BCUT2D eigenvalue weighted by Crippen LogP contribution is -2.30. The number of phenols is 1. The number of nitriles is 1. The molecule has 4 heteroatoms. The molecule has 0 radical (unpaired) electrons. The van der Waals surface area contributed by atoms with Crippen LogP contribution in [0.5, 0.6) is 11.5 Å². The molecule has 96 valence electrons. The maximum Gasteiger partial charge on any atom is 0.137 e. The van der Waals surface area contributed by atoms with Crippen molar-refractivity contribution in [3.05, 3.63) is 23.3 Å². The third-order valence-corrected chi connectivity index (χ3v) is 3.43. The summed E-state index contributed by atoms with van der Waals surface area (Å²) in [5.41, 5.74) is 1.31. The maximum atomic E-state index is 9.64. The van der Waals surface area contributed by atoms with E-state index in [1.807, 2.05) is 6.07 Å². The van der Waals surface area contributed by atoms with E-state index in [1.54, 1.807) is 13.2 Å². The summed E-state index contributed by atoms with van der Waals surface area (Å²) in [4.78, 5) is 0. The van der Waals surface area contributed by atoms with Gasteiger partial charge in [0, 0.05) is 6.07 Å². The number of hydrogen-bond donors (Lipinski definition) is 2. The average molecular weight is 246 g/mol. The lowest BCUT2D eigenvalue weighted by molar-refractivity contribution is 0.362. The Hall–Kier alpha value is -1.73. The summed E-state index contributed by atoms with van der Waals surface area (Å²) in [7, 11) is 1.59. The zero-order valence-corrected chi connectivity index (χ0v) is 10.6. The molecule has 1 saturated heterocycles. The summed E-state index contributed by atoms with van der Waals surface area (Å²) < 4.78 is 5.28. The number of hydrogen-bond acceptors (Lipinski definition) is 4. The molecule has 0 spiro atoms. The molecule has 1 aromatic rings. The van der Waals surface area contributed by atoms with Crippen LogP contribution in [0.15, 0.2) is 12.1 Å². The fraction of sp³-hybridized carbons (Fsp3) is 0.500. The lowest BCUT2D eigenvalue weighted by Gasteiger charge is -2.23. The molecule has 18 heavy (non-hydrogen) atoms. The van der Waals surface area contributed by atoms with Crippen molar-refractivity contribution in [2.75, 3.05) is 20.2 Å². The first-order chi connectivity index (χ1) is 8.74. The van der Waals surface area contributed by atoms with Gasteiger partial charge in [-0.25, -0.2) is 0 Å². The van der Waals surface area contributed by atoms with Crippen molar-refractivity contribution in [1.82, 2.24) is 5.32 Å². The van der Waals surface area contributed by atoms with E-state index in [0.29, 0.717) is 17.2 Å². The van der Waals surface area contributed by atoms with Gasteiger partial charge in [-0.1, -0.05) is 0 Å². The van der Waals surface area contributed by atoms with Crippen LogP contribution < -0.4 is 10.1 Å². The second-order valence-electron chi connectivity index (χ2n) is 4.71. The Morgan fingerprint density at radius 2 is 2.39 bits per heavy atom. The highest BCUT2D eigenvalue weighted by molar-refractivity contribution is 5.51. The SMILES string of the molecule is COc1cc(O)c(C#N)cc1CC1CCCNC1. The van der Waals surface area contributed by atoms with Gasteiger partial charge in [0.1, 0.15) is 17.6 Å². The van der Waals surface area contributed by atoms with Gasteiger partial charge in [-0.3, -0.25) is 0 Å². The molecule has 2 rings (SSSR count). The molecule has 4 nitrogen and oxygen atoms in total. The van der Waals surface area contributed by atoms with Crippen LogP contribution in [0.1, 0.15) is 24.0 Å². The third-order valence-electron chi connectivity index (χ3n) is 3.43. The van der Waals surface area contributed by atoms with Gasteiger partial charge in [0.2, 0.25) is 0 Å². The highest BCUT2D eigenvalue weighted by Crippen LogP contribution is 2.30. The average Bonchev–Trinajstić information content (AvgIpc) is 2.41. The van der Waals surface area contributed by atoms with Gasteiger partial charge in [0.15, 0.2) is 0 Å². The predicted molar refractivity (Wildman–Crippen MR) is 68.7 cm³/mol. The highest BCUT2D eigenvalue weighted by atomic mass is 16.5. The van der Waals surface area contributed by atoms with E-state index in [1.165, 1.54) is 18.9 Å². The molecule has 1 heterocycles. The van der Waals surface area contributed by atoms with Crippen molar-refractivity contribution in [3.63, 3.8) is 0 Å². The monoisotopic (exact) mass is 246 g/mol. The molecule has 0 aliphatic carbocycles. The van der Waals surface area contributed by atoms with E-state index in [9.17, 15) is 5.11 Å². The van der Waals surface area contributed by atoms with Crippen molar-refractivity contribution >= 4 is 0 Å². The first-order valence-electron chi connectivity index (χ1n) is 6.25. The van der Waals surface area contributed by atoms with Gasteiger partial charge in [0.25, 0.3) is 0 Å². The number of piperidine rings is 1. The molecule has 1 aliphatic heterocycles.